The van der Waals surface area contributed by atoms with Crippen molar-refractivity contribution < 1.29 is 5.11 Å². The predicted octanol–water partition coefficient (Wildman–Crippen LogP) is 3.93. The van der Waals surface area contributed by atoms with Gasteiger partial charge in [0.15, 0.2) is 0 Å². The topological polar surface area (TPSA) is 20.2 Å². The molecule has 0 saturated heterocycles. The minimum Gasteiger partial charge on any atom is -0.508 e. The van der Waals surface area contributed by atoms with Crippen LogP contribution in [0.1, 0.15) is 32.8 Å². The van der Waals surface area contributed by atoms with Crippen molar-refractivity contribution in [2.45, 2.75) is 33.6 Å². The van der Waals surface area contributed by atoms with Crippen molar-refractivity contribution in [3.8, 4) is 5.75 Å². The van der Waals surface area contributed by atoms with Gasteiger partial charge in [-0.3, -0.25) is 0 Å². The minimum absolute atomic E-state index is 0.347. The zero-order valence-electron chi connectivity index (χ0n) is 9.33. The van der Waals surface area contributed by atoms with Crippen LogP contribution < -0.4 is 0 Å². The van der Waals surface area contributed by atoms with E-state index in [1.807, 2.05) is 38.1 Å². The molecule has 1 aromatic rings. The van der Waals surface area contributed by atoms with E-state index < -0.39 is 0 Å². The summed E-state index contributed by atoms with van der Waals surface area (Å²) >= 11 is 0. The summed E-state index contributed by atoms with van der Waals surface area (Å²) in [7, 11) is 0. The van der Waals surface area contributed by atoms with Gasteiger partial charge < -0.3 is 5.11 Å². The van der Waals surface area contributed by atoms with Gasteiger partial charge in [-0.2, -0.15) is 0 Å². The van der Waals surface area contributed by atoms with Crippen LogP contribution in [0.5, 0.6) is 5.75 Å². The monoisotopic (exact) mass is 192 g/mol. The lowest BCUT2D eigenvalue weighted by molar-refractivity contribution is 0.475. The maximum Gasteiger partial charge on any atom is 0.115 e. The van der Waals surface area contributed by atoms with E-state index >= 15 is 0 Å². The van der Waals surface area contributed by atoms with Crippen molar-refractivity contribution in [1.29, 1.82) is 0 Å². The molecule has 0 aliphatic rings. The molecule has 0 radical (unpaired) electrons. The van der Waals surface area contributed by atoms with Crippen LogP contribution in [0.3, 0.4) is 0 Å². The highest BCUT2D eigenvalue weighted by molar-refractivity contribution is 5.25. The number of hydrogen-bond acceptors (Lipinski definition) is 1. The molecule has 14 heavy (non-hydrogen) atoms. The highest BCUT2D eigenvalue weighted by Gasteiger charge is 1.89. The number of phenols is 1. The third-order valence-electron chi connectivity index (χ3n) is 1.81. The van der Waals surface area contributed by atoms with E-state index in [0.29, 0.717) is 5.75 Å². The lowest BCUT2D eigenvalue weighted by Crippen LogP contribution is -1.79. The Labute approximate surface area is 87.1 Å². The normalized spacial score (nSPS) is 9.64. The summed E-state index contributed by atoms with van der Waals surface area (Å²) in [4.78, 5) is 0. The molecule has 0 spiro atoms. The average molecular weight is 192 g/mol. The van der Waals surface area contributed by atoms with Gasteiger partial charge in [-0.05, 0) is 38.0 Å². The van der Waals surface area contributed by atoms with Crippen LogP contribution in [0.4, 0.5) is 0 Å². The molecule has 1 heteroatoms. The Balaban J connectivity index is 0.000000364. The smallest absolute Gasteiger partial charge is 0.115 e. The zero-order chi connectivity index (χ0) is 10.8. The van der Waals surface area contributed by atoms with E-state index in [0.717, 1.165) is 12.8 Å². The first-order valence-corrected chi connectivity index (χ1v) is 5.09. The molecule has 0 aliphatic carbocycles. The molecule has 1 aromatic carbocycles. The molecule has 0 amide bonds. The minimum atomic E-state index is 0.347. The number of hydrogen-bond donors (Lipinski definition) is 1. The first kappa shape index (κ1) is 12.8. The predicted molar refractivity (Wildman–Crippen MR) is 62.6 cm³/mol. The van der Waals surface area contributed by atoms with Gasteiger partial charge in [-0.1, -0.05) is 37.6 Å². The second kappa shape index (κ2) is 8.36. The molecule has 0 bridgehead atoms. The van der Waals surface area contributed by atoms with Crippen molar-refractivity contribution in [2.75, 3.05) is 0 Å². The summed E-state index contributed by atoms with van der Waals surface area (Å²) in [5, 5.41) is 8.92. The molecule has 1 N–H and O–H groups in total. The zero-order valence-corrected chi connectivity index (χ0v) is 9.33. The number of benzene rings is 1. The maximum atomic E-state index is 8.92. The van der Waals surface area contributed by atoms with Crippen LogP contribution in [0.25, 0.3) is 0 Å². The van der Waals surface area contributed by atoms with Crippen molar-refractivity contribution in [2.24, 2.45) is 0 Å². The average Bonchev–Trinajstić information content (AvgIpc) is 2.22. The second-order valence-corrected chi connectivity index (χ2v) is 3.08. The van der Waals surface area contributed by atoms with Gasteiger partial charge in [0, 0.05) is 0 Å². The Kier molecular flexibility index (Phi) is 7.62. The molecule has 0 unspecified atom stereocenters. The fraction of sp³-hybridized carbons (Fsp3) is 0.385. The first-order valence-electron chi connectivity index (χ1n) is 5.09. The van der Waals surface area contributed by atoms with E-state index in [4.69, 9.17) is 5.11 Å². The number of aryl methyl sites for hydroxylation is 1. The summed E-state index contributed by atoms with van der Waals surface area (Å²) in [6.45, 7) is 6.15. The summed E-state index contributed by atoms with van der Waals surface area (Å²) in [5.74, 6) is 0.347. The fourth-order valence-corrected chi connectivity index (χ4v) is 0.951. The maximum absolute atomic E-state index is 8.92. The molecule has 0 aromatic heterocycles. The van der Waals surface area contributed by atoms with Crippen molar-refractivity contribution >= 4 is 0 Å². The molecule has 1 rings (SSSR count). The summed E-state index contributed by atoms with van der Waals surface area (Å²) < 4.78 is 0. The van der Waals surface area contributed by atoms with Gasteiger partial charge in [0.05, 0.1) is 0 Å². The van der Waals surface area contributed by atoms with Gasteiger partial charge in [-0.15, -0.1) is 0 Å². The highest BCUT2D eigenvalue weighted by Crippen LogP contribution is 2.10. The Hall–Kier alpha value is -1.24. The summed E-state index contributed by atoms with van der Waals surface area (Å²) in [5.41, 5.74) is 1.29. The van der Waals surface area contributed by atoms with E-state index in [-0.39, 0.29) is 0 Å². The van der Waals surface area contributed by atoms with Gasteiger partial charge in [-0.25, -0.2) is 0 Å². The quantitative estimate of drug-likeness (QED) is 0.704. The van der Waals surface area contributed by atoms with E-state index in [1.54, 1.807) is 12.1 Å². The molecule has 0 fully saturated rings. The first-order chi connectivity index (χ1) is 6.74. The largest absolute Gasteiger partial charge is 0.508 e. The number of aromatic hydroxyl groups is 1. The van der Waals surface area contributed by atoms with Crippen molar-refractivity contribution in [3.05, 3.63) is 42.0 Å². The Morgan fingerprint density at radius 3 is 1.93 bits per heavy atom. The fourth-order valence-electron chi connectivity index (χ4n) is 0.951. The molecule has 1 nitrogen and oxygen atoms in total. The number of rotatable bonds is 2. The number of allylic oxidation sites excluding steroid dienone is 2. The third-order valence-corrected chi connectivity index (χ3v) is 1.81. The van der Waals surface area contributed by atoms with Gasteiger partial charge in [0.2, 0.25) is 0 Å². The standard InChI is InChI=1S/C9H12O.C4H8/c1-2-3-8-4-6-9(10)7-5-8;1-3-4-2/h4-7,10H,2-3H2,1H3;3-4H,1-2H3. The summed E-state index contributed by atoms with van der Waals surface area (Å²) in [6, 6.07) is 7.37. The van der Waals surface area contributed by atoms with Crippen LogP contribution in [-0.2, 0) is 6.42 Å². The van der Waals surface area contributed by atoms with Crippen molar-refractivity contribution in [1.82, 2.24) is 0 Å². The molecular formula is C13H20O. The lowest BCUT2D eigenvalue weighted by atomic mass is 10.1. The van der Waals surface area contributed by atoms with Crippen LogP contribution in [0.15, 0.2) is 36.4 Å². The molecule has 0 saturated carbocycles. The van der Waals surface area contributed by atoms with Crippen LogP contribution in [0.2, 0.25) is 0 Å². The SMILES string of the molecule is CC=CC.CCCc1ccc(O)cc1. The molecule has 0 aliphatic heterocycles. The Morgan fingerprint density at radius 2 is 1.57 bits per heavy atom. The molecule has 78 valence electrons. The Bertz CT molecular complexity index is 242. The van der Waals surface area contributed by atoms with Gasteiger partial charge in [0.1, 0.15) is 5.75 Å². The van der Waals surface area contributed by atoms with Gasteiger partial charge in [0.25, 0.3) is 0 Å². The third kappa shape index (κ3) is 6.30. The van der Waals surface area contributed by atoms with E-state index in [1.165, 1.54) is 5.56 Å². The Morgan fingerprint density at radius 1 is 1.07 bits per heavy atom. The van der Waals surface area contributed by atoms with Crippen LogP contribution in [0, 0.1) is 0 Å². The highest BCUT2D eigenvalue weighted by atomic mass is 16.3. The molecule has 0 heterocycles. The van der Waals surface area contributed by atoms with Crippen LogP contribution in [-0.4, -0.2) is 5.11 Å². The molecule has 0 atom stereocenters. The van der Waals surface area contributed by atoms with E-state index in [9.17, 15) is 0 Å². The summed E-state index contributed by atoms with van der Waals surface area (Å²) in [6.07, 6.45) is 6.26. The molecular weight excluding hydrogens is 172 g/mol. The van der Waals surface area contributed by atoms with Crippen LogP contribution >= 0.6 is 0 Å². The van der Waals surface area contributed by atoms with Gasteiger partial charge >= 0.3 is 0 Å². The lowest BCUT2D eigenvalue weighted by Gasteiger charge is -1.96. The van der Waals surface area contributed by atoms with Crippen molar-refractivity contribution in [3.63, 3.8) is 0 Å². The number of phenolic OH excluding ortho intramolecular Hbond substituents is 1. The second-order valence-electron chi connectivity index (χ2n) is 3.08. The van der Waals surface area contributed by atoms with E-state index in [2.05, 4.69) is 6.92 Å².